The number of hydrogen-bond acceptors (Lipinski definition) is 2. The van der Waals surface area contributed by atoms with Crippen molar-refractivity contribution in [2.24, 2.45) is 0 Å². The summed E-state index contributed by atoms with van der Waals surface area (Å²) in [6, 6.07) is 10.8. The first-order valence-corrected chi connectivity index (χ1v) is 6.20. The van der Waals surface area contributed by atoms with Crippen LogP contribution in [0.3, 0.4) is 0 Å². The van der Waals surface area contributed by atoms with Crippen LogP contribution in [0, 0.1) is 0 Å². The number of carbonyl (C=O) groups is 1. The van der Waals surface area contributed by atoms with Crippen molar-refractivity contribution in [3.8, 4) is 0 Å². The molecule has 1 aromatic carbocycles. The van der Waals surface area contributed by atoms with E-state index in [9.17, 15) is 4.79 Å². The van der Waals surface area contributed by atoms with Crippen LogP contribution in [0.1, 0.15) is 24.8 Å². The van der Waals surface area contributed by atoms with Crippen LogP contribution in [-0.2, 0) is 11.3 Å². The molecule has 17 heavy (non-hydrogen) atoms. The van der Waals surface area contributed by atoms with E-state index >= 15 is 0 Å². The predicted molar refractivity (Wildman–Crippen MR) is 69.7 cm³/mol. The van der Waals surface area contributed by atoms with E-state index in [1.165, 1.54) is 5.56 Å². The summed E-state index contributed by atoms with van der Waals surface area (Å²) in [5.41, 5.74) is 1.32. The van der Waals surface area contributed by atoms with E-state index < -0.39 is 0 Å². The average Bonchev–Trinajstić information content (AvgIpc) is 2.34. The smallest absolute Gasteiger partial charge is 0.135 e. The lowest BCUT2D eigenvalue weighted by Gasteiger charge is -2.34. The van der Waals surface area contributed by atoms with Gasteiger partial charge in [0.05, 0.1) is 0 Å². The van der Waals surface area contributed by atoms with E-state index in [1.54, 1.807) is 0 Å². The van der Waals surface area contributed by atoms with Gasteiger partial charge >= 0.3 is 0 Å². The van der Waals surface area contributed by atoms with E-state index in [0.29, 0.717) is 24.7 Å². The van der Waals surface area contributed by atoms with Gasteiger partial charge < -0.3 is 0 Å². The van der Waals surface area contributed by atoms with Gasteiger partial charge in [-0.05, 0) is 12.0 Å². The number of carbonyl (C=O) groups excluding carboxylic acids is 1. The van der Waals surface area contributed by atoms with Crippen LogP contribution in [-0.4, -0.2) is 23.3 Å². The highest BCUT2D eigenvalue weighted by Crippen LogP contribution is 2.20. The SMILES string of the molecule is C=CCC1CC(=O)CCN1Cc1ccccc1. The molecule has 0 spiro atoms. The van der Waals surface area contributed by atoms with Crippen molar-refractivity contribution in [2.75, 3.05) is 6.54 Å². The number of rotatable bonds is 4. The minimum atomic E-state index is 0.342. The van der Waals surface area contributed by atoms with Gasteiger partial charge in [0.1, 0.15) is 5.78 Å². The molecule has 0 radical (unpaired) electrons. The molecule has 1 unspecified atom stereocenters. The maximum absolute atomic E-state index is 11.5. The maximum atomic E-state index is 11.5. The third kappa shape index (κ3) is 3.27. The first kappa shape index (κ1) is 12.1. The molecule has 1 fully saturated rings. The molecule has 0 aliphatic carbocycles. The molecule has 0 aromatic heterocycles. The van der Waals surface area contributed by atoms with Crippen LogP contribution in [0.4, 0.5) is 0 Å². The minimum absolute atomic E-state index is 0.342. The van der Waals surface area contributed by atoms with Crippen LogP contribution in [0.5, 0.6) is 0 Å². The summed E-state index contributed by atoms with van der Waals surface area (Å²) < 4.78 is 0. The third-order valence-electron chi connectivity index (χ3n) is 3.32. The minimum Gasteiger partial charge on any atom is -0.300 e. The number of piperidine rings is 1. The number of hydrogen-bond donors (Lipinski definition) is 0. The molecule has 1 heterocycles. The Morgan fingerprint density at radius 2 is 2.12 bits per heavy atom. The van der Waals surface area contributed by atoms with Crippen molar-refractivity contribution < 1.29 is 4.79 Å². The van der Waals surface area contributed by atoms with Crippen molar-refractivity contribution in [3.05, 3.63) is 48.6 Å². The highest BCUT2D eigenvalue weighted by Gasteiger charge is 2.25. The number of Topliss-reactive ketones (excluding diaryl/α,β-unsaturated/α-hetero) is 1. The Kier molecular flexibility index (Phi) is 4.10. The molecule has 1 aromatic rings. The Hall–Kier alpha value is -1.41. The van der Waals surface area contributed by atoms with E-state index in [4.69, 9.17) is 0 Å². The number of likely N-dealkylation sites (tertiary alicyclic amines) is 1. The fraction of sp³-hybridized carbons (Fsp3) is 0.400. The zero-order chi connectivity index (χ0) is 12.1. The molecule has 0 N–H and O–H groups in total. The Morgan fingerprint density at radius 1 is 1.35 bits per heavy atom. The summed E-state index contributed by atoms with van der Waals surface area (Å²) in [7, 11) is 0. The lowest BCUT2D eigenvalue weighted by Crippen LogP contribution is -2.41. The fourth-order valence-electron chi connectivity index (χ4n) is 2.40. The lowest BCUT2D eigenvalue weighted by atomic mass is 9.97. The third-order valence-corrected chi connectivity index (χ3v) is 3.32. The van der Waals surface area contributed by atoms with Crippen LogP contribution in [0.25, 0.3) is 0 Å². The van der Waals surface area contributed by atoms with Gasteiger partial charge in [0.15, 0.2) is 0 Å². The monoisotopic (exact) mass is 229 g/mol. The molecule has 1 saturated heterocycles. The first-order chi connectivity index (χ1) is 8.29. The molecule has 1 atom stereocenters. The summed E-state index contributed by atoms with van der Waals surface area (Å²) in [5.74, 6) is 0.390. The zero-order valence-corrected chi connectivity index (χ0v) is 10.1. The summed E-state index contributed by atoms with van der Waals surface area (Å²) in [6.45, 7) is 5.60. The van der Waals surface area contributed by atoms with Gasteiger partial charge in [-0.2, -0.15) is 0 Å². The van der Waals surface area contributed by atoms with Gasteiger partial charge in [-0.15, -0.1) is 6.58 Å². The maximum Gasteiger partial charge on any atom is 0.135 e. The van der Waals surface area contributed by atoms with Crippen LogP contribution >= 0.6 is 0 Å². The summed E-state index contributed by atoms with van der Waals surface area (Å²) in [6.07, 6.45) is 4.19. The van der Waals surface area contributed by atoms with Crippen LogP contribution in [0.15, 0.2) is 43.0 Å². The van der Waals surface area contributed by atoms with Crippen molar-refractivity contribution in [3.63, 3.8) is 0 Å². The highest BCUT2D eigenvalue weighted by atomic mass is 16.1. The number of nitrogens with zero attached hydrogens (tertiary/aromatic N) is 1. The summed E-state index contributed by atoms with van der Waals surface area (Å²) in [5, 5.41) is 0. The first-order valence-electron chi connectivity index (χ1n) is 6.20. The van der Waals surface area contributed by atoms with Crippen LogP contribution < -0.4 is 0 Å². The Balaban J connectivity index is 2.02. The van der Waals surface area contributed by atoms with Crippen LogP contribution in [0.2, 0.25) is 0 Å². The van der Waals surface area contributed by atoms with E-state index in [-0.39, 0.29) is 0 Å². The quantitative estimate of drug-likeness (QED) is 0.740. The van der Waals surface area contributed by atoms with Crippen molar-refractivity contribution in [1.29, 1.82) is 0 Å². The van der Waals surface area contributed by atoms with Crippen molar-refractivity contribution >= 4 is 5.78 Å². The van der Waals surface area contributed by atoms with E-state index in [0.717, 1.165) is 19.5 Å². The molecule has 2 nitrogen and oxygen atoms in total. The summed E-state index contributed by atoms with van der Waals surface area (Å²) >= 11 is 0. The molecule has 2 heteroatoms. The molecule has 1 aliphatic heterocycles. The topological polar surface area (TPSA) is 20.3 Å². The Morgan fingerprint density at radius 3 is 2.82 bits per heavy atom. The molecule has 0 bridgehead atoms. The van der Waals surface area contributed by atoms with Gasteiger partial charge in [0.25, 0.3) is 0 Å². The number of benzene rings is 1. The molecule has 0 amide bonds. The van der Waals surface area contributed by atoms with E-state index in [1.807, 2.05) is 12.1 Å². The van der Waals surface area contributed by atoms with Gasteiger partial charge in [-0.25, -0.2) is 0 Å². The second-order valence-corrected chi connectivity index (χ2v) is 4.63. The second kappa shape index (κ2) is 5.78. The van der Waals surface area contributed by atoms with Gasteiger partial charge in [-0.3, -0.25) is 9.69 Å². The molecule has 90 valence electrons. The highest BCUT2D eigenvalue weighted by molar-refractivity contribution is 5.80. The van der Waals surface area contributed by atoms with Crippen molar-refractivity contribution in [2.45, 2.75) is 31.8 Å². The average molecular weight is 229 g/mol. The zero-order valence-electron chi connectivity index (χ0n) is 10.1. The molecular formula is C15H19NO. The van der Waals surface area contributed by atoms with Gasteiger partial charge in [0, 0.05) is 32.0 Å². The molecule has 2 rings (SSSR count). The Labute approximate surface area is 103 Å². The molecule has 0 saturated carbocycles. The predicted octanol–water partition coefficient (Wildman–Crippen LogP) is 2.80. The molecule has 1 aliphatic rings. The number of ketones is 1. The lowest BCUT2D eigenvalue weighted by molar-refractivity contribution is -0.123. The van der Waals surface area contributed by atoms with Gasteiger partial charge in [-0.1, -0.05) is 36.4 Å². The second-order valence-electron chi connectivity index (χ2n) is 4.63. The van der Waals surface area contributed by atoms with Gasteiger partial charge in [0.2, 0.25) is 0 Å². The molecular weight excluding hydrogens is 210 g/mol. The Bertz CT molecular complexity index is 385. The normalized spacial score (nSPS) is 21.4. The fourth-order valence-corrected chi connectivity index (χ4v) is 2.40. The largest absolute Gasteiger partial charge is 0.300 e. The van der Waals surface area contributed by atoms with E-state index in [2.05, 4.69) is 35.7 Å². The summed E-state index contributed by atoms with van der Waals surface area (Å²) in [4.78, 5) is 13.9. The van der Waals surface area contributed by atoms with Crippen molar-refractivity contribution in [1.82, 2.24) is 4.90 Å². The standard InChI is InChI=1S/C15H19NO/c1-2-6-14-11-15(17)9-10-16(14)12-13-7-4-3-5-8-13/h2-5,7-8,14H,1,6,9-12H2.